The molecule has 0 unspecified atom stereocenters. The molecule has 1 aliphatic rings. The number of ether oxygens (including phenoxy) is 2. The van der Waals surface area contributed by atoms with Crippen molar-refractivity contribution in [2.45, 2.75) is 20.4 Å². The van der Waals surface area contributed by atoms with E-state index < -0.39 is 17.9 Å². The highest BCUT2D eigenvalue weighted by Gasteiger charge is 2.33. The molecule has 0 spiro atoms. The highest BCUT2D eigenvalue weighted by Crippen LogP contribution is 2.35. The molecule has 1 N–H and O–H groups in total. The molecule has 31 heavy (non-hydrogen) atoms. The normalized spacial score (nSPS) is 14.7. The number of amides is 3. The number of carbonyl (C=O) groups excluding carboxylic acids is 3. The smallest absolute Gasteiger partial charge is 0.344 e. The maximum Gasteiger partial charge on any atom is 0.344 e. The third-order valence-corrected chi connectivity index (χ3v) is 4.96. The molecule has 0 saturated carbocycles. The minimum absolute atomic E-state index is 0.101. The summed E-state index contributed by atoms with van der Waals surface area (Å²) in [6, 6.07) is 10.1. The minimum Gasteiger partial charge on any atom is -0.479 e. The molecular formula is C22H20Cl2N2O5. The van der Waals surface area contributed by atoms with Crippen LogP contribution in [0.3, 0.4) is 0 Å². The molecule has 1 saturated heterocycles. The fourth-order valence-corrected chi connectivity index (χ4v) is 3.51. The summed E-state index contributed by atoms with van der Waals surface area (Å²) in [5, 5.41) is 2.86. The van der Waals surface area contributed by atoms with Gasteiger partial charge in [-0.1, -0.05) is 53.0 Å². The van der Waals surface area contributed by atoms with Crippen molar-refractivity contribution in [2.75, 3.05) is 13.2 Å². The van der Waals surface area contributed by atoms with Gasteiger partial charge in [0.1, 0.15) is 5.70 Å². The lowest BCUT2D eigenvalue weighted by atomic mass is 10.1. The third kappa shape index (κ3) is 5.57. The molecule has 0 aromatic heterocycles. The van der Waals surface area contributed by atoms with Gasteiger partial charge in [0.15, 0.2) is 12.4 Å². The standard InChI is InChI=1S/C22H20Cl2N2O5/c1-3-30-19(27)12-31-20-16(23)8-15(9-17(20)24)10-18-21(28)26(22(29)25-18)11-14-6-4-13(2)5-7-14/h4-10H,3,11-12H2,1-2H3,(H,25,29)/b18-10+. The van der Waals surface area contributed by atoms with Crippen molar-refractivity contribution in [3.05, 3.63) is 68.8 Å². The van der Waals surface area contributed by atoms with Crippen LogP contribution >= 0.6 is 23.2 Å². The van der Waals surface area contributed by atoms with Crippen LogP contribution in [0.5, 0.6) is 5.75 Å². The average molecular weight is 463 g/mol. The molecule has 1 fully saturated rings. The topological polar surface area (TPSA) is 84.9 Å². The summed E-state index contributed by atoms with van der Waals surface area (Å²) in [5.41, 5.74) is 2.51. The van der Waals surface area contributed by atoms with E-state index in [1.54, 1.807) is 6.92 Å². The third-order valence-electron chi connectivity index (χ3n) is 4.39. The van der Waals surface area contributed by atoms with Gasteiger partial charge in [0.2, 0.25) is 0 Å². The quantitative estimate of drug-likeness (QED) is 0.375. The lowest BCUT2D eigenvalue weighted by molar-refractivity contribution is -0.145. The number of nitrogens with zero attached hydrogens (tertiary/aromatic N) is 1. The summed E-state index contributed by atoms with van der Waals surface area (Å²) in [4.78, 5) is 37.6. The fourth-order valence-electron chi connectivity index (χ4n) is 2.89. The van der Waals surface area contributed by atoms with Crippen molar-refractivity contribution in [1.82, 2.24) is 10.2 Å². The molecule has 0 bridgehead atoms. The Bertz CT molecular complexity index is 1030. The summed E-state index contributed by atoms with van der Waals surface area (Å²) in [6.45, 7) is 3.70. The number of hydrogen-bond acceptors (Lipinski definition) is 5. The second kappa shape index (κ2) is 9.85. The maximum atomic E-state index is 12.7. The highest BCUT2D eigenvalue weighted by molar-refractivity contribution is 6.37. The summed E-state index contributed by atoms with van der Waals surface area (Å²) in [7, 11) is 0. The van der Waals surface area contributed by atoms with E-state index in [0.717, 1.165) is 16.0 Å². The van der Waals surface area contributed by atoms with Gasteiger partial charge in [0, 0.05) is 0 Å². The molecule has 1 heterocycles. The number of rotatable bonds is 7. The van der Waals surface area contributed by atoms with Crippen LogP contribution in [0.15, 0.2) is 42.1 Å². The lowest BCUT2D eigenvalue weighted by Crippen LogP contribution is -2.30. The molecule has 3 amide bonds. The summed E-state index contributed by atoms with van der Waals surface area (Å²) in [5.74, 6) is -0.879. The van der Waals surface area contributed by atoms with Gasteiger partial charge in [-0.3, -0.25) is 9.69 Å². The van der Waals surface area contributed by atoms with Crippen molar-refractivity contribution in [3.8, 4) is 5.75 Å². The predicted molar refractivity (Wildman–Crippen MR) is 117 cm³/mol. The Balaban J connectivity index is 1.75. The van der Waals surface area contributed by atoms with Crippen LogP contribution in [0.1, 0.15) is 23.6 Å². The summed E-state index contributed by atoms with van der Waals surface area (Å²) < 4.78 is 10.1. The summed E-state index contributed by atoms with van der Waals surface area (Å²) in [6.07, 6.45) is 1.47. The van der Waals surface area contributed by atoms with Crippen molar-refractivity contribution in [2.24, 2.45) is 0 Å². The van der Waals surface area contributed by atoms with Gasteiger partial charge in [-0.2, -0.15) is 0 Å². The molecular weight excluding hydrogens is 443 g/mol. The van der Waals surface area contributed by atoms with Gasteiger partial charge >= 0.3 is 12.0 Å². The van der Waals surface area contributed by atoms with Crippen LogP contribution in [0, 0.1) is 6.92 Å². The maximum absolute atomic E-state index is 12.7. The number of aryl methyl sites for hydroxylation is 1. The van der Waals surface area contributed by atoms with Gasteiger partial charge in [0.25, 0.3) is 5.91 Å². The number of carbonyl (C=O) groups is 3. The lowest BCUT2D eigenvalue weighted by Gasteiger charge is -2.12. The second-order valence-corrected chi connectivity index (χ2v) is 7.59. The van der Waals surface area contributed by atoms with Crippen LogP contribution < -0.4 is 10.1 Å². The molecule has 0 aliphatic carbocycles. The Kier molecular flexibility index (Phi) is 7.20. The Morgan fingerprint density at radius 3 is 2.39 bits per heavy atom. The Labute approximate surface area is 189 Å². The SMILES string of the molecule is CCOC(=O)COc1c(Cl)cc(/C=C2/NC(=O)N(Cc3ccc(C)cc3)C2=O)cc1Cl. The van der Waals surface area contributed by atoms with Crippen LogP contribution in [-0.2, 0) is 20.9 Å². The van der Waals surface area contributed by atoms with E-state index in [-0.39, 0.29) is 41.3 Å². The van der Waals surface area contributed by atoms with Crippen LogP contribution in [0.25, 0.3) is 6.08 Å². The number of esters is 1. The van der Waals surface area contributed by atoms with Crippen LogP contribution in [0.2, 0.25) is 10.0 Å². The van der Waals surface area contributed by atoms with Crippen molar-refractivity contribution >= 4 is 47.2 Å². The van der Waals surface area contributed by atoms with E-state index in [0.29, 0.717) is 5.56 Å². The zero-order valence-electron chi connectivity index (χ0n) is 16.9. The van der Waals surface area contributed by atoms with Gasteiger partial charge in [-0.25, -0.2) is 9.59 Å². The largest absolute Gasteiger partial charge is 0.479 e. The van der Waals surface area contributed by atoms with Crippen molar-refractivity contribution in [1.29, 1.82) is 0 Å². The Hall–Kier alpha value is -3.03. The molecule has 7 nitrogen and oxygen atoms in total. The van der Waals surface area contributed by atoms with Crippen LogP contribution in [-0.4, -0.2) is 36.0 Å². The highest BCUT2D eigenvalue weighted by atomic mass is 35.5. The van der Waals surface area contributed by atoms with Gasteiger partial charge in [0.05, 0.1) is 23.2 Å². The first-order valence-corrected chi connectivity index (χ1v) is 10.2. The molecule has 0 radical (unpaired) electrons. The molecule has 162 valence electrons. The molecule has 0 atom stereocenters. The first-order chi connectivity index (χ1) is 14.8. The monoisotopic (exact) mass is 462 g/mol. The number of halogens is 2. The number of imide groups is 1. The number of hydrogen-bond donors (Lipinski definition) is 1. The van der Waals surface area contributed by atoms with Gasteiger partial charge < -0.3 is 14.8 Å². The number of benzene rings is 2. The van der Waals surface area contributed by atoms with Gasteiger partial charge in [-0.05, 0) is 43.2 Å². The molecule has 3 rings (SSSR count). The van der Waals surface area contributed by atoms with E-state index in [4.69, 9.17) is 32.7 Å². The zero-order valence-corrected chi connectivity index (χ0v) is 18.4. The van der Waals surface area contributed by atoms with Gasteiger partial charge in [-0.15, -0.1) is 0 Å². The Morgan fingerprint density at radius 1 is 1.13 bits per heavy atom. The molecule has 9 heteroatoms. The number of urea groups is 1. The number of nitrogens with one attached hydrogen (secondary N) is 1. The summed E-state index contributed by atoms with van der Waals surface area (Å²) >= 11 is 12.4. The molecule has 2 aromatic carbocycles. The Morgan fingerprint density at radius 2 is 1.77 bits per heavy atom. The fraction of sp³-hybridized carbons (Fsp3) is 0.227. The predicted octanol–water partition coefficient (Wildman–Crippen LogP) is 4.34. The van der Waals surface area contributed by atoms with E-state index >= 15 is 0 Å². The van der Waals surface area contributed by atoms with Crippen LogP contribution in [0.4, 0.5) is 4.79 Å². The first-order valence-electron chi connectivity index (χ1n) is 9.46. The minimum atomic E-state index is -0.547. The molecule has 1 aliphatic heterocycles. The van der Waals surface area contributed by atoms with E-state index in [1.165, 1.54) is 18.2 Å². The second-order valence-electron chi connectivity index (χ2n) is 6.77. The van der Waals surface area contributed by atoms with Crippen molar-refractivity contribution in [3.63, 3.8) is 0 Å². The average Bonchev–Trinajstić information content (AvgIpc) is 2.96. The molecule has 2 aromatic rings. The van der Waals surface area contributed by atoms with Crippen molar-refractivity contribution < 1.29 is 23.9 Å². The first kappa shape index (κ1) is 22.7. The van der Waals surface area contributed by atoms with E-state index in [2.05, 4.69) is 5.32 Å². The van der Waals surface area contributed by atoms with E-state index in [1.807, 2.05) is 31.2 Å². The zero-order chi connectivity index (χ0) is 22.5. The van der Waals surface area contributed by atoms with E-state index in [9.17, 15) is 14.4 Å².